The first kappa shape index (κ1) is 14.8. The third-order valence-electron chi connectivity index (χ3n) is 2.88. The van der Waals surface area contributed by atoms with Crippen molar-refractivity contribution in [1.82, 2.24) is 4.98 Å². The largest absolute Gasteiger partial charge is 0.465 e. The summed E-state index contributed by atoms with van der Waals surface area (Å²) in [5, 5.41) is 0.338. The maximum atomic E-state index is 12.6. The highest BCUT2D eigenvalue weighted by atomic mass is 79.9. The first-order chi connectivity index (χ1) is 9.47. The average molecular weight is 357 g/mol. The summed E-state index contributed by atoms with van der Waals surface area (Å²) < 4.78 is 5.13. The minimum atomic E-state index is -0.586. The van der Waals surface area contributed by atoms with Crippen molar-refractivity contribution in [3.05, 3.63) is 56.3 Å². The van der Waals surface area contributed by atoms with Gasteiger partial charge in [0.25, 0.3) is 0 Å². The molecule has 20 heavy (non-hydrogen) atoms. The zero-order valence-corrected chi connectivity index (χ0v) is 13.1. The van der Waals surface area contributed by atoms with Gasteiger partial charge in [-0.2, -0.15) is 0 Å². The van der Waals surface area contributed by atoms with Gasteiger partial charge in [-0.25, -0.2) is 4.79 Å². The van der Waals surface area contributed by atoms with Crippen LogP contribution >= 0.6 is 27.5 Å². The number of methoxy groups -OCH3 is 1. The van der Waals surface area contributed by atoms with E-state index in [1.54, 1.807) is 31.2 Å². The predicted molar refractivity (Wildman–Crippen MR) is 79.5 cm³/mol. The molecule has 0 radical (unpaired) electrons. The number of H-pyrrole nitrogens is 1. The highest BCUT2D eigenvalue weighted by molar-refractivity contribution is 9.10. The zero-order chi connectivity index (χ0) is 14.9. The average Bonchev–Trinajstić information content (AvgIpc) is 2.72. The molecule has 1 aromatic heterocycles. The second-order valence-corrected chi connectivity index (χ2v) is 5.31. The molecule has 0 atom stereocenters. The number of esters is 1. The summed E-state index contributed by atoms with van der Waals surface area (Å²) in [4.78, 5) is 27.4. The van der Waals surface area contributed by atoms with Crippen LogP contribution in [-0.2, 0) is 4.74 Å². The van der Waals surface area contributed by atoms with Gasteiger partial charge in [0, 0.05) is 11.3 Å². The topological polar surface area (TPSA) is 59.2 Å². The minimum Gasteiger partial charge on any atom is -0.465 e. The molecule has 0 unspecified atom stereocenters. The Kier molecular flexibility index (Phi) is 4.30. The van der Waals surface area contributed by atoms with Crippen LogP contribution in [0.1, 0.15) is 32.0 Å². The molecule has 0 aliphatic carbocycles. The van der Waals surface area contributed by atoms with Crippen LogP contribution in [0.3, 0.4) is 0 Å². The van der Waals surface area contributed by atoms with Crippen molar-refractivity contribution in [3.8, 4) is 0 Å². The van der Waals surface area contributed by atoms with Gasteiger partial charge in [-0.1, -0.05) is 23.7 Å². The summed E-state index contributed by atoms with van der Waals surface area (Å²) in [5.74, 6) is -0.910. The van der Waals surface area contributed by atoms with E-state index < -0.39 is 5.97 Å². The third-order valence-corrected chi connectivity index (χ3v) is 3.80. The van der Waals surface area contributed by atoms with Crippen LogP contribution in [0, 0.1) is 6.92 Å². The second-order valence-electron chi connectivity index (χ2n) is 4.11. The van der Waals surface area contributed by atoms with Crippen LogP contribution < -0.4 is 0 Å². The van der Waals surface area contributed by atoms with E-state index in [-0.39, 0.29) is 16.9 Å². The molecular formula is C14H11BrClNO3. The van der Waals surface area contributed by atoms with Crippen LogP contribution in [0.5, 0.6) is 0 Å². The van der Waals surface area contributed by atoms with E-state index in [9.17, 15) is 9.59 Å². The maximum Gasteiger partial charge on any atom is 0.341 e. The van der Waals surface area contributed by atoms with Gasteiger partial charge >= 0.3 is 5.97 Å². The van der Waals surface area contributed by atoms with Crippen LogP contribution in [0.4, 0.5) is 0 Å². The Bertz CT molecular complexity index is 694. The lowest BCUT2D eigenvalue weighted by Gasteiger charge is -2.05. The lowest BCUT2D eigenvalue weighted by Crippen LogP contribution is -2.11. The molecule has 2 rings (SSSR count). The van der Waals surface area contributed by atoms with Crippen molar-refractivity contribution in [2.45, 2.75) is 6.92 Å². The van der Waals surface area contributed by atoms with Crippen molar-refractivity contribution in [1.29, 1.82) is 0 Å². The van der Waals surface area contributed by atoms with Crippen LogP contribution in [-0.4, -0.2) is 23.8 Å². The third kappa shape index (κ3) is 2.51. The monoisotopic (exact) mass is 355 g/mol. The number of nitrogens with one attached hydrogen (secondary N) is 1. The molecule has 0 aliphatic heterocycles. The Hall–Kier alpha value is -1.59. The van der Waals surface area contributed by atoms with Gasteiger partial charge in [-0.05, 0) is 35.0 Å². The van der Waals surface area contributed by atoms with Crippen molar-refractivity contribution < 1.29 is 14.3 Å². The Morgan fingerprint density at radius 1 is 1.25 bits per heavy atom. The van der Waals surface area contributed by atoms with E-state index in [0.29, 0.717) is 20.9 Å². The van der Waals surface area contributed by atoms with E-state index in [1.165, 1.54) is 7.11 Å². The first-order valence-corrected chi connectivity index (χ1v) is 6.90. The number of hydrogen-bond acceptors (Lipinski definition) is 3. The molecule has 0 bridgehead atoms. The summed E-state index contributed by atoms with van der Waals surface area (Å²) in [6.07, 6.45) is 0. The zero-order valence-electron chi connectivity index (χ0n) is 10.8. The van der Waals surface area contributed by atoms with Crippen LogP contribution in [0.15, 0.2) is 28.9 Å². The number of carbonyl (C=O) groups excluding carboxylic acids is 2. The summed E-state index contributed by atoms with van der Waals surface area (Å²) in [6, 6.07) is 6.70. The first-order valence-electron chi connectivity index (χ1n) is 5.73. The highest BCUT2D eigenvalue weighted by Gasteiger charge is 2.27. The molecule has 0 saturated carbocycles. The molecule has 1 aromatic carbocycles. The lowest BCUT2D eigenvalue weighted by atomic mass is 10.00. The highest BCUT2D eigenvalue weighted by Crippen LogP contribution is 2.28. The molecule has 4 nitrogen and oxygen atoms in total. The van der Waals surface area contributed by atoms with E-state index in [1.807, 2.05) is 0 Å². The maximum absolute atomic E-state index is 12.6. The number of aryl methyl sites for hydroxylation is 1. The fourth-order valence-electron chi connectivity index (χ4n) is 1.94. The summed E-state index contributed by atoms with van der Waals surface area (Å²) in [6.45, 7) is 1.71. The second kappa shape index (κ2) is 5.81. The Labute approximate surface area is 129 Å². The fraction of sp³-hybridized carbons (Fsp3) is 0.143. The standard InChI is InChI=1S/C14H11BrClNO3/c1-7-10(11(13(15)17-7)14(19)20-2)12(18)8-5-3-4-6-9(8)16/h3-6,17H,1-2H3. The van der Waals surface area contributed by atoms with E-state index in [4.69, 9.17) is 16.3 Å². The van der Waals surface area contributed by atoms with Crippen molar-refractivity contribution >= 4 is 39.3 Å². The Morgan fingerprint density at radius 3 is 2.50 bits per heavy atom. The van der Waals surface area contributed by atoms with Crippen LogP contribution in [0.2, 0.25) is 5.02 Å². The van der Waals surface area contributed by atoms with Crippen molar-refractivity contribution in [2.24, 2.45) is 0 Å². The number of carbonyl (C=O) groups is 2. The van der Waals surface area contributed by atoms with Gasteiger partial charge in [0.2, 0.25) is 0 Å². The summed E-state index contributed by atoms with van der Waals surface area (Å²) in [7, 11) is 1.26. The lowest BCUT2D eigenvalue weighted by molar-refractivity contribution is 0.0597. The Balaban J connectivity index is 2.61. The fourth-order valence-corrected chi connectivity index (χ4v) is 2.82. The summed E-state index contributed by atoms with van der Waals surface area (Å²) in [5.41, 5.74) is 1.35. The molecule has 1 N–H and O–H groups in total. The molecule has 0 saturated heterocycles. The normalized spacial score (nSPS) is 10.4. The number of ether oxygens (including phenoxy) is 1. The molecule has 1 heterocycles. The van der Waals surface area contributed by atoms with Gasteiger partial charge in [-0.3, -0.25) is 4.79 Å². The van der Waals surface area contributed by atoms with Gasteiger partial charge < -0.3 is 9.72 Å². The number of aromatic amines is 1. The van der Waals surface area contributed by atoms with Gasteiger partial charge in [0.1, 0.15) is 5.56 Å². The number of hydrogen-bond donors (Lipinski definition) is 1. The molecule has 104 valence electrons. The van der Waals surface area contributed by atoms with Gasteiger partial charge in [0.15, 0.2) is 5.78 Å². The van der Waals surface area contributed by atoms with Crippen molar-refractivity contribution in [2.75, 3.05) is 7.11 Å². The number of aromatic nitrogens is 1. The van der Waals surface area contributed by atoms with Crippen LogP contribution in [0.25, 0.3) is 0 Å². The smallest absolute Gasteiger partial charge is 0.341 e. The molecule has 0 aliphatic rings. The van der Waals surface area contributed by atoms with E-state index in [0.717, 1.165) is 0 Å². The number of benzene rings is 1. The van der Waals surface area contributed by atoms with E-state index >= 15 is 0 Å². The molecule has 6 heteroatoms. The quantitative estimate of drug-likeness (QED) is 0.673. The van der Waals surface area contributed by atoms with Gasteiger partial charge in [-0.15, -0.1) is 0 Å². The number of ketones is 1. The predicted octanol–water partition coefficient (Wildman–Crippen LogP) is 3.76. The molecule has 0 amide bonds. The molecular weight excluding hydrogens is 346 g/mol. The number of halogens is 2. The minimum absolute atomic E-state index is 0.176. The SMILES string of the molecule is COC(=O)c1c(Br)[nH]c(C)c1C(=O)c1ccccc1Cl. The number of rotatable bonds is 3. The molecule has 0 spiro atoms. The Morgan fingerprint density at radius 2 is 1.90 bits per heavy atom. The molecule has 2 aromatic rings. The van der Waals surface area contributed by atoms with Crippen molar-refractivity contribution in [3.63, 3.8) is 0 Å². The van der Waals surface area contributed by atoms with E-state index in [2.05, 4.69) is 20.9 Å². The summed E-state index contributed by atoms with van der Waals surface area (Å²) >= 11 is 9.26. The molecule has 0 fully saturated rings. The van der Waals surface area contributed by atoms with Gasteiger partial charge in [0.05, 0.1) is 22.3 Å².